The summed E-state index contributed by atoms with van der Waals surface area (Å²) >= 11 is 3.26. The zero-order valence-corrected chi connectivity index (χ0v) is 11.5. The molecule has 0 amide bonds. The standard InChI is InChI=1S/C11H14BrN3O3/c1-7(11(6-16)2-3-11)14-10-9(12)4-8(5-13-10)15(17)18/h4-5,7,16H,2-3,6H2,1H3,(H,13,14). The number of anilines is 1. The number of hydrogen-bond donors (Lipinski definition) is 2. The average Bonchev–Trinajstić information content (AvgIpc) is 3.12. The fourth-order valence-electron chi connectivity index (χ4n) is 1.88. The molecule has 6 nitrogen and oxygen atoms in total. The van der Waals surface area contributed by atoms with Gasteiger partial charge >= 0.3 is 0 Å². The Bertz CT molecular complexity index is 477. The van der Waals surface area contributed by atoms with Crippen LogP contribution in [0.5, 0.6) is 0 Å². The Kier molecular flexibility index (Phi) is 3.54. The van der Waals surface area contributed by atoms with Gasteiger partial charge in [-0.05, 0) is 35.7 Å². The molecule has 1 heterocycles. The molecular formula is C11H14BrN3O3. The highest BCUT2D eigenvalue weighted by atomic mass is 79.9. The van der Waals surface area contributed by atoms with Gasteiger partial charge in [0.2, 0.25) is 0 Å². The van der Waals surface area contributed by atoms with Crippen LogP contribution in [0.15, 0.2) is 16.7 Å². The number of nitrogens with zero attached hydrogens (tertiary/aromatic N) is 2. The third kappa shape index (κ3) is 2.46. The minimum absolute atomic E-state index is 0.0524. The van der Waals surface area contributed by atoms with Crippen LogP contribution in [0.4, 0.5) is 11.5 Å². The van der Waals surface area contributed by atoms with Gasteiger partial charge < -0.3 is 10.4 Å². The number of aromatic nitrogens is 1. The quantitative estimate of drug-likeness (QED) is 0.643. The molecule has 0 aliphatic heterocycles. The Hall–Kier alpha value is -1.21. The van der Waals surface area contributed by atoms with Gasteiger partial charge in [0.25, 0.3) is 5.69 Å². The van der Waals surface area contributed by atoms with Gasteiger partial charge in [-0.3, -0.25) is 10.1 Å². The topological polar surface area (TPSA) is 88.3 Å². The number of aliphatic hydroxyl groups excluding tert-OH is 1. The maximum atomic E-state index is 10.6. The average molecular weight is 316 g/mol. The summed E-state index contributed by atoms with van der Waals surface area (Å²) in [6.07, 6.45) is 3.20. The fraction of sp³-hybridized carbons (Fsp3) is 0.545. The summed E-state index contributed by atoms with van der Waals surface area (Å²) in [4.78, 5) is 14.1. The van der Waals surface area contributed by atoms with E-state index in [0.717, 1.165) is 12.8 Å². The van der Waals surface area contributed by atoms with Crippen molar-refractivity contribution in [3.63, 3.8) is 0 Å². The van der Waals surface area contributed by atoms with Crippen LogP contribution in [0.25, 0.3) is 0 Å². The molecule has 2 N–H and O–H groups in total. The van der Waals surface area contributed by atoms with Gasteiger partial charge in [0.15, 0.2) is 0 Å². The lowest BCUT2D eigenvalue weighted by Gasteiger charge is -2.23. The third-order valence-electron chi connectivity index (χ3n) is 3.52. The predicted octanol–water partition coefficient (Wildman–Crippen LogP) is 2.33. The van der Waals surface area contributed by atoms with Gasteiger partial charge in [-0.2, -0.15) is 0 Å². The van der Waals surface area contributed by atoms with Crippen LogP contribution >= 0.6 is 15.9 Å². The van der Waals surface area contributed by atoms with E-state index in [4.69, 9.17) is 0 Å². The van der Waals surface area contributed by atoms with E-state index >= 15 is 0 Å². The van der Waals surface area contributed by atoms with E-state index in [9.17, 15) is 15.2 Å². The number of nitrogens with one attached hydrogen (secondary N) is 1. The first-order chi connectivity index (χ1) is 8.48. The first-order valence-electron chi connectivity index (χ1n) is 5.66. The van der Waals surface area contributed by atoms with Crippen molar-refractivity contribution < 1.29 is 10.0 Å². The van der Waals surface area contributed by atoms with Gasteiger partial charge in [-0.1, -0.05) is 0 Å². The summed E-state index contributed by atoms with van der Waals surface area (Å²) in [6.45, 7) is 2.13. The van der Waals surface area contributed by atoms with E-state index in [0.29, 0.717) is 10.3 Å². The highest BCUT2D eigenvalue weighted by Gasteiger charge is 2.47. The maximum Gasteiger partial charge on any atom is 0.288 e. The first kappa shape index (κ1) is 13.2. The molecule has 1 unspecified atom stereocenters. The van der Waals surface area contributed by atoms with Gasteiger partial charge in [0.1, 0.15) is 12.0 Å². The second-order valence-electron chi connectivity index (χ2n) is 4.67. The van der Waals surface area contributed by atoms with Gasteiger partial charge in [-0.15, -0.1) is 0 Å². The van der Waals surface area contributed by atoms with Crippen molar-refractivity contribution >= 4 is 27.4 Å². The molecule has 0 radical (unpaired) electrons. The largest absolute Gasteiger partial charge is 0.396 e. The summed E-state index contributed by atoms with van der Waals surface area (Å²) < 4.78 is 0.553. The number of rotatable bonds is 5. The van der Waals surface area contributed by atoms with Crippen molar-refractivity contribution in [2.24, 2.45) is 5.41 Å². The SMILES string of the molecule is CC(Nc1ncc([N+](=O)[O-])cc1Br)C1(CO)CC1. The predicted molar refractivity (Wildman–Crippen MR) is 70.4 cm³/mol. The van der Waals surface area contributed by atoms with Crippen LogP contribution in [-0.2, 0) is 0 Å². The Morgan fingerprint density at radius 1 is 1.72 bits per heavy atom. The number of aliphatic hydroxyl groups is 1. The van der Waals surface area contributed by atoms with Crippen molar-refractivity contribution in [2.45, 2.75) is 25.8 Å². The molecule has 1 aliphatic carbocycles. The summed E-state index contributed by atoms with van der Waals surface area (Å²) in [5.74, 6) is 0.563. The summed E-state index contributed by atoms with van der Waals surface area (Å²) in [5, 5.41) is 23.1. The summed E-state index contributed by atoms with van der Waals surface area (Å²) in [6, 6.07) is 1.49. The van der Waals surface area contributed by atoms with E-state index in [1.807, 2.05) is 6.92 Å². The van der Waals surface area contributed by atoms with E-state index in [-0.39, 0.29) is 23.8 Å². The number of hydrogen-bond acceptors (Lipinski definition) is 5. The lowest BCUT2D eigenvalue weighted by molar-refractivity contribution is -0.385. The van der Waals surface area contributed by atoms with Crippen molar-refractivity contribution in [3.8, 4) is 0 Å². The maximum absolute atomic E-state index is 10.6. The molecule has 18 heavy (non-hydrogen) atoms. The van der Waals surface area contributed by atoms with E-state index in [2.05, 4.69) is 26.2 Å². The van der Waals surface area contributed by atoms with Crippen molar-refractivity contribution in [3.05, 3.63) is 26.9 Å². The number of halogens is 1. The van der Waals surface area contributed by atoms with Crippen LogP contribution in [0.2, 0.25) is 0 Å². The second-order valence-corrected chi connectivity index (χ2v) is 5.52. The molecule has 1 aromatic rings. The third-order valence-corrected chi connectivity index (χ3v) is 4.12. The van der Waals surface area contributed by atoms with Crippen molar-refractivity contribution in [1.29, 1.82) is 0 Å². The van der Waals surface area contributed by atoms with Crippen molar-refractivity contribution in [2.75, 3.05) is 11.9 Å². The van der Waals surface area contributed by atoms with E-state index < -0.39 is 4.92 Å². The Balaban J connectivity index is 2.12. The molecule has 1 aliphatic rings. The molecule has 1 aromatic heterocycles. The minimum atomic E-state index is -0.485. The Morgan fingerprint density at radius 3 is 2.83 bits per heavy atom. The van der Waals surface area contributed by atoms with Crippen LogP contribution in [-0.4, -0.2) is 27.7 Å². The van der Waals surface area contributed by atoms with E-state index in [1.165, 1.54) is 12.3 Å². The van der Waals surface area contributed by atoms with Gasteiger partial charge in [0, 0.05) is 17.5 Å². The van der Waals surface area contributed by atoms with Gasteiger partial charge in [-0.25, -0.2) is 4.98 Å². The second kappa shape index (κ2) is 4.81. The number of pyridine rings is 1. The molecule has 1 saturated carbocycles. The minimum Gasteiger partial charge on any atom is -0.396 e. The van der Waals surface area contributed by atoms with Crippen LogP contribution in [0.1, 0.15) is 19.8 Å². The normalized spacial score (nSPS) is 18.2. The summed E-state index contributed by atoms with van der Waals surface area (Å²) in [7, 11) is 0. The molecule has 0 bridgehead atoms. The molecule has 0 aromatic carbocycles. The first-order valence-corrected chi connectivity index (χ1v) is 6.45. The molecule has 0 saturated heterocycles. The smallest absolute Gasteiger partial charge is 0.288 e. The zero-order chi connectivity index (χ0) is 13.3. The fourth-order valence-corrected chi connectivity index (χ4v) is 2.33. The molecule has 1 atom stereocenters. The molecule has 1 fully saturated rings. The highest BCUT2D eigenvalue weighted by molar-refractivity contribution is 9.10. The summed E-state index contributed by atoms with van der Waals surface area (Å²) in [5.41, 5.74) is -0.119. The Labute approximate surface area is 113 Å². The highest BCUT2D eigenvalue weighted by Crippen LogP contribution is 2.49. The monoisotopic (exact) mass is 315 g/mol. The van der Waals surface area contributed by atoms with E-state index in [1.54, 1.807) is 0 Å². The van der Waals surface area contributed by atoms with Crippen molar-refractivity contribution in [1.82, 2.24) is 4.98 Å². The molecule has 2 rings (SSSR count). The molecule has 7 heteroatoms. The lowest BCUT2D eigenvalue weighted by atomic mass is 9.99. The number of nitro groups is 1. The van der Waals surface area contributed by atoms with Crippen LogP contribution < -0.4 is 5.32 Å². The van der Waals surface area contributed by atoms with Crippen LogP contribution in [0.3, 0.4) is 0 Å². The van der Waals surface area contributed by atoms with Crippen LogP contribution in [0, 0.1) is 15.5 Å². The molecular weight excluding hydrogens is 302 g/mol. The van der Waals surface area contributed by atoms with Gasteiger partial charge in [0.05, 0.1) is 16.0 Å². The molecule has 98 valence electrons. The molecule has 0 spiro atoms. The lowest BCUT2D eigenvalue weighted by Crippen LogP contribution is -2.30. The Morgan fingerprint density at radius 2 is 2.39 bits per heavy atom. The zero-order valence-electron chi connectivity index (χ0n) is 9.89.